The molecule has 11 atom stereocenters. The number of aliphatic hydroxyl groups excluding tert-OH is 1. The highest BCUT2D eigenvalue weighted by atomic mass is 16.6. The number of allylic oxidation sites excluding steroid dienone is 1. The number of hydrogen-bond donors (Lipinski definition) is 1. The predicted octanol–water partition coefficient (Wildman–Crippen LogP) is 7.57. The summed E-state index contributed by atoms with van der Waals surface area (Å²) in [6, 6.07) is 0. The second-order valence-electron chi connectivity index (χ2n) is 15.5. The van der Waals surface area contributed by atoms with Crippen LogP contribution in [-0.4, -0.2) is 23.3 Å². The van der Waals surface area contributed by atoms with Gasteiger partial charge in [0.1, 0.15) is 6.10 Å². The van der Waals surface area contributed by atoms with E-state index in [2.05, 4.69) is 55.0 Å². The molecule has 0 aromatic rings. The van der Waals surface area contributed by atoms with Gasteiger partial charge < -0.3 is 9.84 Å². The summed E-state index contributed by atoms with van der Waals surface area (Å²) in [5.74, 6) is 3.04. The molecular weight excluding hydrogens is 432 g/mol. The molecule has 5 fully saturated rings. The summed E-state index contributed by atoms with van der Waals surface area (Å²) in [4.78, 5) is 12.0. The summed E-state index contributed by atoms with van der Waals surface area (Å²) in [7, 11) is 0. The smallest absolute Gasteiger partial charge is 0.302 e. The van der Waals surface area contributed by atoms with Crippen LogP contribution in [0.3, 0.4) is 0 Å². The van der Waals surface area contributed by atoms with Gasteiger partial charge in [0.2, 0.25) is 0 Å². The summed E-state index contributed by atoms with van der Waals surface area (Å²) in [5.41, 5.74) is 2.34. The first kappa shape index (κ1) is 25.8. The molecule has 0 heterocycles. The Hall–Kier alpha value is -0.830. The number of carbonyl (C=O) groups is 1. The number of ether oxygens (including phenoxy) is 1. The van der Waals surface area contributed by atoms with E-state index < -0.39 is 12.2 Å². The lowest BCUT2D eigenvalue weighted by atomic mass is 9.32. The standard InChI is InChI=1S/C32H52O3/c1-19(2)21-12-14-29(6)16-17-31(8)22(26(21)29)10-11-25-30(7)18-23(35-20(3)33)27(34)28(4,5)24(30)13-15-32(25,31)9/h21-27,34H,1,10-18H2,2-9H3/t21-,22+,23+,24-,25+,26+,27-,29+,30-,31+,32+/m0/s1. The van der Waals surface area contributed by atoms with Gasteiger partial charge in [0.15, 0.2) is 0 Å². The number of esters is 1. The third kappa shape index (κ3) is 3.28. The Labute approximate surface area is 214 Å². The number of rotatable bonds is 2. The third-order valence-electron chi connectivity index (χ3n) is 13.7. The molecule has 0 saturated heterocycles. The van der Waals surface area contributed by atoms with Gasteiger partial charge in [0.25, 0.3) is 0 Å². The second kappa shape index (κ2) is 7.84. The van der Waals surface area contributed by atoms with Crippen molar-refractivity contribution in [3.05, 3.63) is 12.2 Å². The average molecular weight is 485 g/mol. The zero-order valence-electron chi connectivity index (χ0n) is 23.9. The highest BCUT2D eigenvalue weighted by molar-refractivity contribution is 5.66. The van der Waals surface area contributed by atoms with Crippen LogP contribution >= 0.6 is 0 Å². The van der Waals surface area contributed by atoms with Crippen LogP contribution in [0, 0.1) is 56.7 Å². The van der Waals surface area contributed by atoms with Crippen molar-refractivity contribution in [3.8, 4) is 0 Å². The van der Waals surface area contributed by atoms with Crippen LogP contribution in [-0.2, 0) is 9.53 Å². The minimum atomic E-state index is -0.592. The van der Waals surface area contributed by atoms with Gasteiger partial charge in [-0.25, -0.2) is 0 Å². The molecule has 5 saturated carbocycles. The van der Waals surface area contributed by atoms with Crippen LogP contribution in [0.4, 0.5) is 0 Å². The van der Waals surface area contributed by atoms with Crippen molar-refractivity contribution in [1.29, 1.82) is 0 Å². The fourth-order valence-electron chi connectivity index (χ4n) is 11.9. The Kier molecular flexibility index (Phi) is 5.78. The van der Waals surface area contributed by atoms with E-state index in [0.717, 1.165) is 18.3 Å². The molecule has 5 rings (SSSR count). The molecule has 0 aliphatic heterocycles. The molecule has 0 amide bonds. The molecule has 0 aromatic carbocycles. The lowest BCUT2D eigenvalue weighted by Crippen LogP contribution is -2.68. The molecular formula is C32H52O3. The molecule has 0 unspecified atom stereocenters. The maximum Gasteiger partial charge on any atom is 0.302 e. The number of aliphatic hydroxyl groups is 1. The Morgan fingerprint density at radius 2 is 1.54 bits per heavy atom. The quantitative estimate of drug-likeness (QED) is 0.325. The molecule has 5 aliphatic carbocycles. The molecule has 1 N–H and O–H groups in total. The van der Waals surface area contributed by atoms with E-state index >= 15 is 0 Å². The summed E-state index contributed by atoms with van der Waals surface area (Å²) in [6.45, 7) is 23.1. The van der Waals surface area contributed by atoms with Crippen LogP contribution in [0.5, 0.6) is 0 Å². The normalized spacial score (nSPS) is 54.6. The fourth-order valence-corrected chi connectivity index (χ4v) is 11.9. The first-order chi connectivity index (χ1) is 16.1. The lowest BCUT2D eigenvalue weighted by Gasteiger charge is -2.73. The van der Waals surface area contributed by atoms with Crippen LogP contribution < -0.4 is 0 Å². The first-order valence-corrected chi connectivity index (χ1v) is 14.6. The van der Waals surface area contributed by atoms with Crippen molar-refractivity contribution >= 4 is 5.97 Å². The molecule has 0 aromatic heterocycles. The molecule has 35 heavy (non-hydrogen) atoms. The average Bonchev–Trinajstić information content (AvgIpc) is 3.10. The highest BCUT2D eigenvalue weighted by Crippen LogP contribution is 2.77. The van der Waals surface area contributed by atoms with Crippen molar-refractivity contribution < 1.29 is 14.6 Å². The predicted molar refractivity (Wildman–Crippen MR) is 142 cm³/mol. The van der Waals surface area contributed by atoms with Crippen molar-refractivity contribution in [2.75, 3.05) is 0 Å². The molecule has 0 bridgehead atoms. The monoisotopic (exact) mass is 484 g/mol. The summed E-state index contributed by atoms with van der Waals surface area (Å²) in [5, 5.41) is 11.3. The topological polar surface area (TPSA) is 46.5 Å². The lowest BCUT2D eigenvalue weighted by molar-refractivity contribution is -0.264. The maximum absolute atomic E-state index is 12.0. The van der Waals surface area contributed by atoms with Crippen LogP contribution in [0.15, 0.2) is 12.2 Å². The van der Waals surface area contributed by atoms with Gasteiger partial charge in [-0.15, -0.1) is 0 Å². The second-order valence-corrected chi connectivity index (χ2v) is 15.5. The van der Waals surface area contributed by atoms with E-state index in [-0.39, 0.29) is 22.2 Å². The van der Waals surface area contributed by atoms with E-state index in [1.54, 1.807) is 0 Å². The first-order valence-electron chi connectivity index (χ1n) is 14.6. The summed E-state index contributed by atoms with van der Waals surface area (Å²) < 4.78 is 5.81. The van der Waals surface area contributed by atoms with Gasteiger partial charge >= 0.3 is 5.97 Å². The van der Waals surface area contributed by atoms with Crippen LogP contribution in [0.1, 0.15) is 113 Å². The summed E-state index contributed by atoms with van der Waals surface area (Å²) in [6.07, 6.45) is 10.3. The molecule has 5 aliphatic rings. The van der Waals surface area contributed by atoms with Crippen molar-refractivity contribution in [2.24, 2.45) is 56.7 Å². The van der Waals surface area contributed by atoms with Crippen LogP contribution in [0.25, 0.3) is 0 Å². The number of fused-ring (bicyclic) bond motifs is 7. The van der Waals surface area contributed by atoms with Gasteiger partial charge in [0.05, 0.1) is 6.10 Å². The zero-order valence-corrected chi connectivity index (χ0v) is 23.9. The van der Waals surface area contributed by atoms with E-state index in [9.17, 15) is 9.90 Å². The van der Waals surface area contributed by atoms with Crippen molar-refractivity contribution in [2.45, 2.75) is 125 Å². The van der Waals surface area contributed by atoms with Gasteiger partial charge in [-0.3, -0.25) is 4.79 Å². The molecule has 3 nitrogen and oxygen atoms in total. The molecule has 3 heteroatoms. The van der Waals surface area contributed by atoms with E-state index in [1.165, 1.54) is 63.9 Å². The van der Waals surface area contributed by atoms with Gasteiger partial charge in [-0.1, -0.05) is 53.7 Å². The minimum Gasteiger partial charge on any atom is -0.460 e. The maximum atomic E-state index is 12.0. The van der Waals surface area contributed by atoms with Gasteiger partial charge in [0, 0.05) is 6.92 Å². The highest BCUT2D eigenvalue weighted by Gasteiger charge is 2.71. The molecule has 0 radical (unpaired) electrons. The fraction of sp³-hybridized carbons (Fsp3) is 0.906. The Balaban J connectivity index is 1.54. The Bertz CT molecular complexity index is 906. The minimum absolute atomic E-state index is 0.0774. The van der Waals surface area contributed by atoms with Gasteiger partial charge in [-0.2, -0.15) is 0 Å². The zero-order chi connectivity index (χ0) is 25.8. The van der Waals surface area contributed by atoms with E-state index in [4.69, 9.17) is 4.74 Å². The number of carbonyl (C=O) groups excluding carboxylic acids is 1. The van der Waals surface area contributed by atoms with E-state index in [0.29, 0.717) is 28.6 Å². The Morgan fingerprint density at radius 3 is 2.17 bits per heavy atom. The van der Waals surface area contributed by atoms with Gasteiger partial charge in [-0.05, 0) is 121 Å². The van der Waals surface area contributed by atoms with Crippen LogP contribution in [0.2, 0.25) is 0 Å². The summed E-state index contributed by atoms with van der Waals surface area (Å²) >= 11 is 0. The molecule has 0 spiro atoms. The SMILES string of the molecule is C=C(C)[C@@H]1CC[C@]2(C)CC[C@]3(C)[C@H](CC[C@@H]4[C@@]5(C)C[C@@H](OC(C)=O)[C@H](O)C(C)(C)[C@@H]5CC[C@]43C)[C@@H]12. The molecule has 198 valence electrons. The van der Waals surface area contributed by atoms with Crippen molar-refractivity contribution in [1.82, 2.24) is 0 Å². The third-order valence-corrected chi connectivity index (χ3v) is 13.7. The largest absolute Gasteiger partial charge is 0.460 e. The number of hydrogen-bond acceptors (Lipinski definition) is 3. The Morgan fingerprint density at radius 1 is 0.857 bits per heavy atom. The van der Waals surface area contributed by atoms with E-state index in [1.807, 2.05) is 0 Å². The van der Waals surface area contributed by atoms with Crippen molar-refractivity contribution in [3.63, 3.8) is 0 Å².